The second-order valence-corrected chi connectivity index (χ2v) is 7.32. The first-order valence-corrected chi connectivity index (χ1v) is 8.84. The molecule has 1 N–H and O–H groups in total. The van der Waals surface area contributed by atoms with Crippen molar-refractivity contribution in [3.63, 3.8) is 0 Å². The van der Waals surface area contributed by atoms with Gasteiger partial charge in [0, 0.05) is 23.3 Å². The van der Waals surface area contributed by atoms with E-state index in [-0.39, 0.29) is 12.0 Å². The van der Waals surface area contributed by atoms with Crippen molar-refractivity contribution in [3.8, 4) is 10.6 Å². The van der Waals surface area contributed by atoms with E-state index in [1.54, 1.807) is 11.3 Å². The number of anilines is 1. The molecule has 1 aliphatic rings. The highest BCUT2D eigenvalue weighted by molar-refractivity contribution is 7.17. The Balaban J connectivity index is 1.53. The summed E-state index contributed by atoms with van der Waals surface area (Å²) >= 11 is 3.19. The lowest BCUT2D eigenvalue weighted by molar-refractivity contribution is -0.116. The zero-order valence-corrected chi connectivity index (χ0v) is 13.6. The van der Waals surface area contributed by atoms with Gasteiger partial charge in [-0.2, -0.15) is 0 Å². The van der Waals surface area contributed by atoms with E-state index in [0.29, 0.717) is 11.6 Å². The summed E-state index contributed by atoms with van der Waals surface area (Å²) in [6, 6.07) is 4.15. The minimum atomic E-state index is 0.0220. The van der Waals surface area contributed by atoms with E-state index in [2.05, 4.69) is 29.4 Å². The number of amides is 1. The summed E-state index contributed by atoms with van der Waals surface area (Å²) in [5.41, 5.74) is 0.938. The molecule has 0 saturated carbocycles. The number of carbonyl (C=O) groups excluding carboxylic acids is 1. The molecule has 1 atom stereocenters. The van der Waals surface area contributed by atoms with Gasteiger partial charge in [0.1, 0.15) is 0 Å². The molecule has 1 amide bonds. The Bertz CT molecular complexity index is 615. The van der Waals surface area contributed by atoms with Crippen LogP contribution < -0.4 is 5.32 Å². The number of thiophene rings is 1. The van der Waals surface area contributed by atoms with Gasteiger partial charge in [0.25, 0.3) is 0 Å². The van der Waals surface area contributed by atoms with Crippen LogP contribution in [0.15, 0.2) is 17.5 Å². The quantitative estimate of drug-likeness (QED) is 0.902. The van der Waals surface area contributed by atoms with Crippen LogP contribution in [-0.2, 0) is 9.53 Å². The predicted octanol–water partition coefficient (Wildman–Crippen LogP) is 4.08. The number of hydrogen-bond acceptors (Lipinski definition) is 5. The Kier molecular flexibility index (Phi) is 4.67. The smallest absolute Gasteiger partial charge is 0.226 e. The van der Waals surface area contributed by atoms with E-state index in [4.69, 9.17) is 4.74 Å². The van der Waals surface area contributed by atoms with Crippen molar-refractivity contribution in [3.05, 3.63) is 22.4 Å². The SMILES string of the molecule is Cc1ccc(-c2csc(NC(=O)CCC3CCCO3)n2)s1. The van der Waals surface area contributed by atoms with Crippen LogP contribution in [0.2, 0.25) is 0 Å². The Morgan fingerprint density at radius 3 is 3.14 bits per heavy atom. The lowest BCUT2D eigenvalue weighted by Gasteiger charge is -2.07. The van der Waals surface area contributed by atoms with Crippen LogP contribution in [0.4, 0.5) is 5.13 Å². The fourth-order valence-corrected chi connectivity index (χ4v) is 3.99. The van der Waals surface area contributed by atoms with Crippen molar-refractivity contribution in [2.45, 2.75) is 38.7 Å². The molecule has 21 heavy (non-hydrogen) atoms. The summed E-state index contributed by atoms with van der Waals surface area (Å²) in [4.78, 5) is 18.8. The van der Waals surface area contributed by atoms with Gasteiger partial charge in [-0.15, -0.1) is 22.7 Å². The summed E-state index contributed by atoms with van der Waals surface area (Å²) in [6.45, 7) is 2.91. The molecule has 1 unspecified atom stereocenters. The molecule has 1 aliphatic heterocycles. The molecule has 0 bridgehead atoms. The molecule has 0 aromatic carbocycles. The molecule has 3 rings (SSSR count). The Hall–Kier alpha value is -1.24. The van der Waals surface area contributed by atoms with Gasteiger partial charge in [-0.25, -0.2) is 4.98 Å². The zero-order valence-electron chi connectivity index (χ0n) is 11.9. The van der Waals surface area contributed by atoms with Gasteiger partial charge in [-0.1, -0.05) is 0 Å². The third-order valence-corrected chi connectivity index (χ3v) is 5.24. The largest absolute Gasteiger partial charge is 0.378 e. The number of rotatable bonds is 5. The van der Waals surface area contributed by atoms with Gasteiger partial charge < -0.3 is 10.1 Å². The fourth-order valence-electron chi connectivity index (χ4n) is 2.36. The van der Waals surface area contributed by atoms with Crippen LogP contribution in [0.5, 0.6) is 0 Å². The third-order valence-electron chi connectivity index (χ3n) is 3.46. The first-order valence-electron chi connectivity index (χ1n) is 7.14. The maximum Gasteiger partial charge on any atom is 0.226 e. The summed E-state index contributed by atoms with van der Waals surface area (Å²) < 4.78 is 5.53. The standard InChI is InChI=1S/C15H18N2O2S2/c1-10-4-6-13(21-10)12-9-20-15(16-12)17-14(18)7-5-11-3-2-8-19-11/h4,6,9,11H,2-3,5,7-8H2,1H3,(H,16,17,18). The van der Waals surface area contributed by atoms with Crippen LogP contribution in [0.25, 0.3) is 10.6 Å². The minimum Gasteiger partial charge on any atom is -0.378 e. The zero-order chi connectivity index (χ0) is 14.7. The molecule has 6 heteroatoms. The Labute approximate surface area is 132 Å². The van der Waals surface area contributed by atoms with E-state index in [9.17, 15) is 4.79 Å². The molecule has 4 nitrogen and oxygen atoms in total. The fraction of sp³-hybridized carbons (Fsp3) is 0.467. The molecule has 112 valence electrons. The number of nitrogens with zero attached hydrogens (tertiary/aromatic N) is 1. The highest BCUT2D eigenvalue weighted by Gasteiger charge is 2.17. The van der Waals surface area contributed by atoms with Gasteiger partial charge >= 0.3 is 0 Å². The van der Waals surface area contributed by atoms with E-state index >= 15 is 0 Å². The average Bonchev–Trinajstić information content (AvgIpc) is 3.17. The number of carbonyl (C=O) groups is 1. The number of aromatic nitrogens is 1. The summed E-state index contributed by atoms with van der Waals surface area (Å²) in [6.07, 6.45) is 3.75. The Morgan fingerprint density at radius 1 is 1.52 bits per heavy atom. The molecule has 2 aromatic heterocycles. The lowest BCUT2D eigenvalue weighted by Crippen LogP contribution is -2.15. The van der Waals surface area contributed by atoms with Crippen LogP contribution in [0.1, 0.15) is 30.6 Å². The summed E-state index contributed by atoms with van der Waals surface area (Å²) in [5.74, 6) is 0.0220. The lowest BCUT2D eigenvalue weighted by atomic mass is 10.1. The van der Waals surface area contributed by atoms with E-state index < -0.39 is 0 Å². The maximum absolute atomic E-state index is 11.9. The Morgan fingerprint density at radius 2 is 2.43 bits per heavy atom. The number of hydrogen-bond donors (Lipinski definition) is 1. The number of thiazole rings is 1. The normalized spacial score (nSPS) is 18.0. The van der Waals surface area contributed by atoms with Crippen molar-refractivity contribution in [1.29, 1.82) is 0 Å². The van der Waals surface area contributed by atoms with Crippen LogP contribution >= 0.6 is 22.7 Å². The van der Waals surface area contributed by atoms with Crippen molar-refractivity contribution < 1.29 is 9.53 Å². The molecule has 1 fully saturated rings. The van der Waals surface area contributed by atoms with Gasteiger partial charge in [-0.3, -0.25) is 4.79 Å². The topological polar surface area (TPSA) is 51.2 Å². The molecule has 1 saturated heterocycles. The highest BCUT2D eigenvalue weighted by Crippen LogP contribution is 2.30. The number of nitrogens with one attached hydrogen (secondary N) is 1. The monoisotopic (exact) mass is 322 g/mol. The maximum atomic E-state index is 11.9. The second-order valence-electron chi connectivity index (χ2n) is 5.17. The van der Waals surface area contributed by atoms with Crippen LogP contribution in [-0.4, -0.2) is 23.6 Å². The van der Waals surface area contributed by atoms with Gasteiger partial charge in [0.15, 0.2) is 5.13 Å². The predicted molar refractivity (Wildman–Crippen MR) is 87.0 cm³/mol. The average molecular weight is 322 g/mol. The molecule has 0 radical (unpaired) electrons. The van der Waals surface area contributed by atoms with E-state index in [1.807, 2.05) is 5.38 Å². The molecule has 0 aliphatic carbocycles. The van der Waals surface area contributed by atoms with Gasteiger partial charge in [0.2, 0.25) is 5.91 Å². The van der Waals surface area contributed by atoms with Crippen molar-refractivity contribution in [1.82, 2.24) is 4.98 Å². The summed E-state index contributed by atoms with van der Waals surface area (Å²) in [7, 11) is 0. The van der Waals surface area contributed by atoms with E-state index in [1.165, 1.54) is 16.2 Å². The number of ether oxygens (including phenoxy) is 1. The first kappa shape index (κ1) is 14.7. The third kappa shape index (κ3) is 3.90. The van der Waals surface area contributed by atoms with Crippen molar-refractivity contribution in [2.24, 2.45) is 0 Å². The molecular weight excluding hydrogens is 304 g/mol. The minimum absolute atomic E-state index is 0.0220. The molecule has 3 heterocycles. The van der Waals surface area contributed by atoms with Gasteiger partial charge in [0.05, 0.1) is 16.7 Å². The number of aryl methyl sites for hydroxylation is 1. The van der Waals surface area contributed by atoms with E-state index in [0.717, 1.165) is 36.4 Å². The summed E-state index contributed by atoms with van der Waals surface area (Å²) in [5, 5.41) is 5.54. The second kappa shape index (κ2) is 6.68. The first-order chi connectivity index (χ1) is 10.2. The van der Waals surface area contributed by atoms with Crippen molar-refractivity contribution >= 4 is 33.7 Å². The van der Waals surface area contributed by atoms with Crippen LogP contribution in [0, 0.1) is 6.92 Å². The highest BCUT2D eigenvalue weighted by atomic mass is 32.1. The molecular formula is C15H18N2O2S2. The van der Waals surface area contributed by atoms with Crippen LogP contribution in [0.3, 0.4) is 0 Å². The van der Waals surface area contributed by atoms with Gasteiger partial charge in [-0.05, 0) is 38.3 Å². The molecule has 0 spiro atoms. The van der Waals surface area contributed by atoms with Crippen molar-refractivity contribution in [2.75, 3.05) is 11.9 Å². The molecule has 2 aromatic rings.